The molecule has 202 valence electrons. The minimum Gasteiger partial charge on any atom is -0.252 e. The summed E-state index contributed by atoms with van der Waals surface area (Å²) in [4.78, 5) is 19.7. The largest absolute Gasteiger partial charge is 0.252 e. The average Bonchev–Trinajstić information content (AvgIpc) is 3.47. The van der Waals surface area contributed by atoms with Crippen molar-refractivity contribution < 1.29 is 0 Å². The first-order valence-corrected chi connectivity index (χ1v) is 15.0. The van der Waals surface area contributed by atoms with E-state index >= 15 is 0 Å². The van der Waals surface area contributed by atoms with Crippen LogP contribution in [0.4, 0.5) is 0 Å². The minimum absolute atomic E-state index is 0.716. The van der Waals surface area contributed by atoms with E-state index < -0.39 is 0 Å². The Hall–Kier alpha value is -5.52. The van der Waals surface area contributed by atoms with E-state index in [-0.39, 0.29) is 0 Å². The Labute approximate surface area is 253 Å². The Balaban J connectivity index is 1.25. The second-order valence-corrected chi connectivity index (χ2v) is 11.4. The van der Waals surface area contributed by atoms with Crippen molar-refractivity contribution in [2.45, 2.75) is 0 Å². The number of nitrogens with zero attached hydrogens (tertiary/aromatic N) is 4. The van der Waals surface area contributed by atoms with Gasteiger partial charge in [0.2, 0.25) is 0 Å². The third-order valence-electron chi connectivity index (χ3n) is 7.60. The summed E-state index contributed by atoms with van der Waals surface area (Å²) in [6.45, 7) is 0. The first kappa shape index (κ1) is 25.2. The summed E-state index contributed by atoms with van der Waals surface area (Å²) < 4.78 is 2.32. The first-order valence-electron chi connectivity index (χ1n) is 14.1. The molecule has 8 aromatic rings. The highest BCUT2D eigenvalue weighted by Gasteiger charge is 2.17. The third kappa shape index (κ3) is 4.66. The summed E-state index contributed by atoms with van der Waals surface area (Å²) in [5, 5.41) is 1.16. The van der Waals surface area contributed by atoms with Gasteiger partial charge < -0.3 is 0 Å². The molecule has 0 aliphatic carbocycles. The molecule has 0 radical (unpaired) electrons. The fraction of sp³-hybridized carbons (Fsp3) is 0. The Morgan fingerprint density at radius 2 is 0.953 bits per heavy atom. The van der Waals surface area contributed by atoms with Crippen molar-refractivity contribution in [3.8, 4) is 56.3 Å². The van der Waals surface area contributed by atoms with Crippen LogP contribution in [-0.4, -0.2) is 19.9 Å². The van der Waals surface area contributed by atoms with Gasteiger partial charge in [0.1, 0.15) is 0 Å². The molecule has 4 nitrogen and oxygen atoms in total. The molecule has 5 heteroatoms. The molecule has 0 bridgehead atoms. The van der Waals surface area contributed by atoms with Gasteiger partial charge in [-0.2, -0.15) is 0 Å². The van der Waals surface area contributed by atoms with Crippen LogP contribution in [0.25, 0.3) is 76.6 Å². The van der Waals surface area contributed by atoms with Crippen molar-refractivity contribution in [1.82, 2.24) is 19.9 Å². The number of thiophene rings is 1. The monoisotopic (exact) mass is 568 g/mol. The van der Waals surface area contributed by atoms with E-state index in [1.165, 1.54) is 4.70 Å². The molecule has 0 amide bonds. The number of benzene rings is 5. The normalized spacial score (nSPS) is 11.3. The zero-order chi connectivity index (χ0) is 28.6. The second-order valence-electron chi connectivity index (χ2n) is 10.3. The highest BCUT2D eigenvalue weighted by molar-refractivity contribution is 7.26. The Morgan fingerprint density at radius 3 is 1.67 bits per heavy atom. The van der Waals surface area contributed by atoms with Crippen molar-refractivity contribution in [3.05, 3.63) is 146 Å². The van der Waals surface area contributed by atoms with E-state index in [1.54, 1.807) is 23.7 Å². The molecular weight excluding hydrogens is 545 g/mol. The molecule has 3 aromatic heterocycles. The molecule has 0 aliphatic rings. The molecular formula is C38H24N4S. The van der Waals surface area contributed by atoms with Gasteiger partial charge in [0.15, 0.2) is 5.82 Å². The maximum Gasteiger partial charge on any atom is 0.160 e. The molecule has 0 unspecified atom stereocenters. The van der Waals surface area contributed by atoms with Crippen LogP contribution in [-0.2, 0) is 0 Å². The van der Waals surface area contributed by atoms with Crippen molar-refractivity contribution >= 4 is 31.6 Å². The predicted octanol–water partition coefficient (Wildman–Crippen LogP) is 9.97. The van der Waals surface area contributed by atoms with Gasteiger partial charge in [0, 0.05) is 44.7 Å². The van der Waals surface area contributed by atoms with Crippen LogP contribution in [0.2, 0.25) is 0 Å². The van der Waals surface area contributed by atoms with Crippen molar-refractivity contribution in [3.63, 3.8) is 0 Å². The molecule has 0 saturated carbocycles. The lowest BCUT2D eigenvalue weighted by Gasteiger charge is -2.11. The zero-order valence-electron chi connectivity index (χ0n) is 23.1. The average molecular weight is 569 g/mol. The maximum absolute atomic E-state index is 5.16. The molecule has 5 aromatic carbocycles. The van der Waals surface area contributed by atoms with Crippen LogP contribution < -0.4 is 0 Å². The zero-order valence-corrected chi connectivity index (χ0v) is 23.9. The molecule has 0 spiro atoms. The van der Waals surface area contributed by atoms with Crippen molar-refractivity contribution in [1.29, 1.82) is 0 Å². The topological polar surface area (TPSA) is 51.6 Å². The minimum atomic E-state index is 0.716. The van der Waals surface area contributed by atoms with Crippen LogP contribution in [0.5, 0.6) is 0 Å². The number of hydrogen-bond donors (Lipinski definition) is 0. The van der Waals surface area contributed by atoms with Gasteiger partial charge in [-0.15, -0.1) is 11.3 Å². The van der Waals surface area contributed by atoms with E-state index in [2.05, 4.69) is 114 Å². The van der Waals surface area contributed by atoms with Crippen LogP contribution in [0.3, 0.4) is 0 Å². The van der Waals surface area contributed by atoms with Gasteiger partial charge in [-0.1, -0.05) is 115 Å². The van der Waals surface area contributed by atoms with Gasteiger partial charge in [0.05, 0.1) is 27.3 Å². The summed E-state index contributed by atoms with van der Waals surface area (Å²) in [5.74, 6) is 0.716. The smallest absolute Gasteiger partial charge is 0.160 e. The van der Waals surface area contributed by atoms with Gasteiger partial charge in [0.25, 0.3) is 0 Å². The fourth-order valence-electron chi connectivity index (χ4n) is 5.55. The predicted molar refractivity (Wildman–Crippen MR) is 178 cm³/mol. The molecule has 0 aliphatic heterocycles. The van der Waals surface area contributed by atoms with E-state index in [9.17, 15) is 0 Å². The fourth-order valence-corrected chi connectivity index (χ4v) is 6.71. The summed E-state index contributed by atoms with van der Waals surface area (Å²) in [6, 6.07) is 46.0. The SMILES string of the molecule is c1ccc(-c2nccnc2-c2cccc(-c3cccc(-c4nc(-c5ccccc5)c5sc6ccccc6c5n4)c3)c2)cc1. The van der Waals surface area contributed by atoms with Crippen LogP contribution in [0, 0.1) is 0 Å². The van der Waals surface area contributed by atoms with Gasteiger partial charge in [-0.3, -0.25) is 9.97 Å². The Kier molecular flexibility index (Phi) is 6.28. The lowest BCUT2D eigenvalue weighted by Crippen LogP contribution is -1.94. The highest BCUT2D eigenvalue weighted by Crippen LogP contribution is 2.40. The number of fused-ring (bicyclic) bond motifs is 3. The van der Waals surface area contributed by atoms with Gasteiger partial charge >= 0.3 is 0 Å². The number of rotatable bonds is 5. The number of hydrogen-bond acceptors (Lipinski definition) is 5. The van der Waals surface area contributed by atoms with Crippen LogP contribution in [0.1, 0.15) is 0 Å². The van der Waals surface area contributed by atoms with Crippen molar-refractivity contribution in [2.75, 3.05) is 0 Å². The molecule has 0 atom stereocenters. The summed E-state index contributed by atoms with van der Waals surface area (Å²) in [6.07, 6.45) is 3.50. The first-order chi connectivity index (χ1) is 21.3. The Morgan fingerprint density at radius 1 is 0.419 bits per heavy atom. The summed E-state index contributed by atoms with van der Waals surface area (Å²) in [5.41, 5.74) is 9.98. The summed E-state index contributed by atoms with van der Waals surface area (Å²) in [7, 11) is 0. The lowest BCUT2D eigenvalue weighted by molar-refractivity contribution is 1.21. The van der Waals surface area contributed by atoms with Gasteiger partial charge in [-0.25, -0.2) is 9.97 Å². The standard InChI is InChI=1S/C38H24N4S/c1-3-11-25(12-4-1)33-34(40-22-21-39-33)29-17-9-15-27(23-29)28-16-10-18-30(24-28)38-41-35(26-13-5-2-6-14-26)37-36(42-38)31-19-7-8-20-32(31)43-37/h1-24H. The van der Waals surface area contributed by atoms with E-state index in [4.69, 9.17) is 15.0 Å². The van der Waals surface area contributed by atoms with Gasteiger partial charge in [-0.05, 0) is 29.3 Å². The molecule has 0 saturated heterocycles. The Bertz CT molecular complexity index is 2240. The second kappa shape index (κ2) is 10.7. The third-order valence-corrected chi connectivity index (χ3v) is 8.77. The summed E-state index contributed by atoms with van der Waals surface area (Å²) >= 11 is 1.75. The maximum atomic E-state index is 5.16. The van der Waals surface area contributed by atoms with E-state index in [1.807, 2.05) is 24.3 Å². The van der Waals surface area contributed by atoms with Crippen molar-refractivity contribution in [2.24, 2.45) is 0 Å². The molecule has 0 N–H and O–H groups in total. The van der Waals surface area contributed by atoms with E-state index in [0.717, 1.165) is 66.1 Å². The lowest BCUT2D eigenvalue weighted by atomic mass is 9.98. The number of aromatic nitrogens is 4. The van der Waals surface area contributed by atoms with Crippen LogP contribution >= 0.6 is 11.3 Å². The van der Waals surface area contributed by atoms with E-state index in [0.29, 0.717) is 5.82 Å². The highest BCUT2D eigenvalue weighted by atomic mass is 32.1. The molecule has 3 heterocycles. The quantitative estimate of drug-likeness (QED) is 0.207. The van der Waals surface area contributed by atoms with Crippen LogP contribution in [0.15, 0.2) is 146 Å². The molecule has 0 fully saturated rings. The molecule has 8 rings (SSSR count). The molecule has 43 heavy (non-hydrogen) atoms.